The molecule has 0 saturated carbocycles. The third-order valence-electron chi connectivity index (χ3n) is 8.66. The molecular formula is C31H39N7O4S. The summed E-state index contributed by atoms with van der Waals surface area (Å²) in [7, 11) is -1.79. The zero-order valence-corrected chi connectivity index (χ0v) is 25.0. The number of fused-ring (bicyclic) bond motifs is 4. The van der Waals surface area contributed by atoms with Crippen LogP contribution in [-0.2, 0) is 21.4 Å². The summed E-state index contributed by atoms with van der Waals surface area (Å²) in [6.45, 7) is 8.53. The van der Waals surface area contributed by atoms with Crippen LogP contribution in [0.15, 0.2) is 53.7 Å². The Bertz CT molecular complexity index is 1790. The van der Waals surface area contributed by atoms with Crippen molar-refractivity contribution in [3.05, 3.63) is 82.4 Å². The molecule has 43 heavy (non-hydrogen) atoms. The van der Waals surface area contributed by atoms with Crippen LogP contribution in [0, 0.1) is 20.8 Å². The Morgan fingerprint density at radius 2 is 1.88 bits per heavy atom. The molecule has 1 saturated heterocycles. The summed E-state index contributed by atoms with van der Waals surface area (Å²) >= 11 is 0. The highest BCUT2D eigenvalue weighted by Crippen LogP contribution is 2.36. The smallest absolute Gasteiger partial charge is 0.304 e. The largest absolute Gasteiger partial charge is 0.481 e. The highest BCUT2D eigenvalue weighted by molar-refractivity contribution is 7.89. The van der Waals surface area contributed by atoms with E-state index in [9.17, 15) is 18.3 Å². The predicted octanol–water partition coefficient (Wildman–Crippen LogP) is 3.62. The lowest BCUT2D eigenvalue weighted by molar-refractivity contribution is -0.137. The van der Waals surface area contributed by atoms with Gasteiger partial charge in [0.05, 0.1) is 12.5 Å². The Morgan fingerprint density at radius 1 is 1.09 bits per heavy atom. The average molecular weight is 606 g/mol. The molecule has 6 rings (SSSR count). The van der Waals surface area contributed by atoms with Gasteiger partial charge in [0, 0.05) is 51.0 Å². The number of aliphatic carboxylic acids is 1. The van der Waals surface area contributed by atoms with Gasteiger partial charge in [-0.05, 0) is 73.8 Å². The first-order valence-electron chi connectivity index (χ1n) is 14.1. The Hall–Kier alpha value is -3.87. The van der Waals surface area contributed by atoms with Crippen LogP contribution < -0.4 is 4.90 Å². The first-order valence-corrected chi connectivity index (χ1v) is 15.5. The van der Waals surface area contributed by atoms with Gasteiger partial charge in [-0.3, -0.25) is 9.20 Å². The summed E-state index contributed by atoms with van der Waals surface area (Å²) in [6, 6.07) is 11.1. The number of likely N-dealkylation sites (N-methyl/N-ethyl adjacent to an activating group) is 1. The van der Waals surface area contributed by atoms with Crippen molar-refractivity contribution in [1.82, 2.24) is 28.8 Å². The molecule has 11 nitrogen and oxygen atoms in total. The number of benzene rings is 1. The quantitative estimate of drug-likeness (QED) is 0.351. The van der Waals surface area contributed by atoms with Gasteiger partial charge < -0.3 is 14.9 Å². The number of piperazine rings is 1. The molecule has 0 bridgehead atoms. The zero-order chi connectivity index (χ0) is 29.8. The number of nitrogens with zero attached hydrogens (tertiary/aromatic N) is 7. The van der Waals surface area contributed by atoms with Crippen molar-refractivity contribution in [2.24, 2.45) is 0 Å². The number of aryl methyl sites for hydroxylation is 3. The second-order valence-electron chi connectivity index (χ2n) is 11.4. The fourth-order valence-corrected chi connectivity index (χ4v) is 7.91. The zero-order valence-electron chi connectivity index (χ0n) is 24.2. The second-order valence-corrected chi connectivity index (χ2v) is 13.3. The monoisotopic (exact) mass is 605 g/mol. The SMILES string of the molecule is C.Cc1ccc(C(CC(=O)O)c2ccn3c(C)nnc3c2C)cc1CN1C[C@@H]2CN(C)CCN2c2ncccc2S1(=O)=O. The molecule has 0 spiro atoms. The molecule has 1 unspecified atom stereocenters. The van der Waals surface area contributed by atoms with Gasteiger partial charge in [0.2, 0.25) is 10.0 Å². The molecule has 2 aliphatic rings. The van der Waals surface area contributed by atoms with Crippen LogP contribution in [0.25, 0.3) is 5.65 Å². The standard InChI is InChI=1S/C30H35N7O4S.CH4/c1-19-7-8-22(26(15-28(38)39)25-9-11-36-21(3)32-33-29(36)20(25)2)14-23(19)16-35-18-24-17-34(4)12-13-37(24)30-27(42(35,40)41)6-5-10-31-30;/h5-11,14,24,26H,12-13,15-18H2,1-4H3,(H,38,39);1H4/t24-,26?;/m0./s1. The molecule has 4 aromatic rings. The van der Waals surface area contributed by atoms with E-state index in [1.807, 2.05) is 55.6 Å². The van der Waals surface area contributed by atoms with Crippen LogP contribution in [0.1, 0.15) is 53.4 Å². The number of rotatable bonds is 6. The van der Waals surface area contributed by atoms with Gasteiger partial charge in [0.25, 0.3) is 0 Å². The van der Waals surface area contributed by atoms with Crippen LogP contribution in [0.3, 0.4) is 0 Å². The summed E-state index contributed by atoms with van der Waals surface area (Å²) < 4.78 is 31.6. The molecule has 5 heterocycles. The lowest BCUT2D eigenvalue weighted by Gasteiger charge is -2.40. The number of pyridine rings is 2. The van der Waals surface area contributed by atoms with Crippen molar-refractivity contribution in [3.63, 3.8) is 0 Å². The van der Waals surface area contributed by atoms with Crippen molar-refractivity contribution < 1.29 is 18.3 Å². The van der Waals surface area contributed by atoms with E-state index < -0.39 is 21.9 Å². The van der Waals surface area contributed by atoms with Gasteiger partial charge in [0.1, 0.15) is 16.5 Å². The third-order valence-corrected chi connectivity index (χ3v) is 10.5. The predicted molar refractivity (Wildman–Crippen MR) is 165 cm³/mol. The highest BCUT2D eigenvalue weighted by Gasteiger charge is 2.40. The molecular weight excluding hydrogens is 566 g/mol. The van der Waals surface area contributed by atoms with E-state index in [0.29, 0.717) is 24.6 Å². The van der Waals surface area contributed by atoms with E-state index in [0.717, 1.165) is 46.7 Å². The number of carboxylic acids is 1. The van der Waals surface area contributed by atoms with E-state index in [1.54, 1.807) is 22.6 Å². The van der Waals surface area contributed by atoms with Crippen LogP contribution in [0.5, 0.6) is 0 Å². The molecule has 1 fully saturated rings. The van der Waals surface area contributed by atoms with E-state index in [-0.39, 0.29) is 31.3 Å². The van der Waals surface area contributed by atoms with Gasteiger partial charge in [-0.25, -0.2) is 13.4 Å². The van der Waals surface area contributed by atoms with Gasteiger partial charge >= 0.3 is 5.97 Å². The molecule has 3 aromatic heterocycles. The minimum atomic E-state index is -3.84. The van der Waals surface area contributed by atoms with Gasteiger partial charge in [-0.2, -0.15) is 4.31 Å². The molecule has 228 valence electrons. The third kappa shape index (κ3) is 5.50. The molecule has 1 aromatic carbocycles. The number of carboxylic acid groups (broad SMARTS) is 1. The fourth-order valence-electron chi connectivity index (χ4n) is 6.31. The Kier molecular flexibility index (Phi) is 8.30. The number of aromatic nitrogens is 4. The summed E-state index contributed by atoms with van der Waals surface area (Å²) in [6.07, 6.45) is 3.41. The fraction of sp³-hybridized carbons (Fsp3) is 0.419. The topological polar surface area (TPSA) is 124 Å². The summed E-state index contributed by atoms with van der Waals surface area (Å²) in [5.41, 5.74) is 5.01. The normalized spacial score (nSPS) is 19.3. The molecule has 0 radical (unpaired) electrons. The van der Waals surface area contributed by atoms with Crippen molar-refractivity contribution in [3.8, 4) is 0 Å². The van der Waals surface area contributed by atoms with Gasteiger partial charge in [-0.15, -0.1) is 10.2 Å². The highest BCUT2D eigenvalue weighted by atomic mass is 32.2. The van der Waals surface area contributed by atoms with E-state index in [2.05, 4.69) is 32.0 Å². The summed E-state index contributed by atoms with van der Waals surface area (Å²) in [5.74, 6) is -0.0957. The molecule has 12 heteroatoms. The van der Waals surface area contributed by atoms with Gasteiger partial charge in [0.15, 0.2) is 5.65 Å². The molecule has 1 N–H and O–H groups in total. The molecule has 2 atom stereocenters. The van der Waals surface area contributed by atoms with E-state index >= 15 is 0 Å². The number of hydrogen-bond donors (Lipinski definition) is 1. The van der Waals surface area contributed by atoms with Crippen molar-refractivity contribution in [2.45, 2.75) is 58.0 Å². The molecule has 0 aliphatic carbocycles. The van der Waals surface area contributed by atoms with Crippen LogP contribution in [0.2, 0.25) is 0 Å². The minimum absolute atomic E-state index is 0. The first-order chi connectivity index (χ1) is 20.0. The van der Waals surface area contributed by atoms with Crippen molar-refractivity contribution in [1.29, 1.82) is 0 Å². The second kappa shape index (κ2) is 11.7. The number of carbonyl (C=O) groups is 1. The number of sulfonamides is 1. The van der Waals surface area contributed by atoms with E-state index in [4.69, 9.17) is 0 Å². The first kappa shape index (κ1) is 30.6. The lowest BCUT2D eigenvalue weighted by atomic mass is 9.85. The van der Waals surface area contributed by atoms with Crippen molar-refractivity contribution >= 4 is 27.5 Å². The van der Waals surface area contributed by atoms with E-state index in [1.165, 1.54) is 0 Å². The summed E-state index contributed by atoms with van der Waals surface area (Å²) in [5, 5.41) is 18.4. The van der Waals surface area contributed by atoms with Crippen LogP contribution in [0.4, 0.5) is 5.82 Å². The molecule has 0 amide bonds. The van der Waals surface area contributed by atoms with Gasteiger partial charge in [-0.1, -0.05) is 25.6 Å². The Labute approximate surface area is 252 Å². The van der Waals surface area contributed by atoms with Crippen LogP contribution in [-0.4, -0.2) is 87.5 Å². The maximum atomic E-state index is 14.1. The molecule has 2 aliphatic heterocycles. The number of hydrogen-bond acceptors (Lipinski definition) is 8. The minimum Gasteiger partial charge on any atom is -0.481 e. The lowest BCUT2D eigenvalue weighted by Crippen LogP contribution is -2.55. The maximum Gasteiger partial charge on any atom is 0.304 e. The average Bonchev–Trinajstić information content (AvgIpc) is 3.30. The Balaban J connectivity index is 0.00000368. The Morgan fingerprint density at radius 3 is 2.65 bits per heavy atom. The maximum absolute atomic E-state index is 14.1. The number of anilines is 1. The van der Waals surface area contributed by atoms with Crippen LogP contribution >= 0.6 is 0 Å². The summed E-state index contributed by atoms with van der Waals surface area (Å²) in [4.78, 5) is 21.2. The van der Waals surface area contributed by atoms with Crippen molar-refractivity contribution in [2.75, 3.05) is 38.1 Å².